The molecule has 1 aromatic heterocycles. The molecule has 2 saturated heterocycles. The van der Waals surface area contributed by atoms with Crippen molar-refractivity contribution in [3.8, 4) is 0 Å². The van der Waals surface area contributed by atoms with E-state index in [1.54, 1.807) is 4.90 Å². The van der Waals surface area contributed by atoms with E-state index < -0.39 is 0 Å². The second-order valence-corrected chi connectivity index (χ2v) is 7.28. The van der Waals surface area contributed by atoms with Crippen molar-refractivity contribution in [3.63, 3.8) is 0 Å². The van der Waals surface area contributed by atoms with Crippen molar-refractivity contribution < 1.29 is 9.59 Å². The topological polar surface area (TPSA) is 52.6 Å². The Morgan fingerprint density at radius 1 is 1.27 bits per heavy atom. The summed E-state index contributed by atoms with van der Waals surface area (Å²) in [6.45, 7) is 5.39. The van der Waals surface area contributed by atoms with Crippen LogP contribution >= 0.6 is 11.3 Å². The summed E-state index contributed by atoms with van der Waals surface area (Å²) < 4.78 is 0. The quantitative estimate of drug-likeness (QED) is 0.887. The van der Waals surface area contributed by atoms with E-state index in [9.17, 15) is 9.59 Å². The van der Waals surface area contributed by atoms with Gasteiger partial charge in [-0.1, -0.05) is 13.3 Å². The van der Waals surface area contributed by atoms with Crippen molar-refractivity contribution in [1.29, 1.82) is 0 Å². The Hall–Kier alpha value is -1.40. The number of piperazine rings is 2. The normalized spacial score (nSPS) is 22.6. The fourth-order valence-electron chi connectivity index (χ4n) is 3.10. The lowest BCUT2D eigenvalue weighted by molar-refractivity contribution is -0.149. The first-order chi connectivity index (χ1) is 10.7. The Balaban J connectivity index is 1.59. The number of unbranched alkanes of at least 4 members (excludes halogenated alkanes) is 1. The number of fused-ring (bicyclic) bond motifs is 1. The standard InChI is InChI=1S/C16H23N3O2S/c1-2-3-4-12-5-6-13(22-12)10-18-7-8-19-14(11-18)16(21)17-9-15(19)20/h5-6,14H,2-4,7-11H2,1H3,(H,17,21)/t14-/m0/s1. The molecule has 1 aromatic rings. The van der Waals surface area contributed by atoms with Crippen LogP contribution in [0.1, 0.15) is 29.5 Å². The number of carbonyl (C=O) groups excluding carboxylic acids is 2. The molecule has 3 rings (SSSR count). The van der Waals surface area contributed by atoms with Gasteiger partial charge in [0.2, 0.25) is 11.8 Å². The number of hydrogen-bond donors (Lipinski definition) is 1. The molecule has 2 amide bonds. The molecule has 0 saturated carbocycles. The van der Waals surface area contributed by atoms with Crippen molar-refractivity contribution in [1.82, 2.24) is 15.1 Å². The van der Waals surface area contributed by atoms with E-state index in [4.69, 9.17) is 0 Å². The summed E-state index contributed by atoms with van der Waals surface area (Å²) in [7, 11) is 0. The predicted octanol–water partition coefficient (Wildman–Crippen LogP) is 1.23. The zero-order valence-electron chi connectivity index (χ0n) is 13.0. The Labute approximate surface area is 135 Å². The molecule has 5 nitrogen and oxygen atoms in total. The maximum absolute atomic E-state index is 12.0. The number of carbonyl (C=O) groups is 2. The molecule has 6 heteroatoms. The summed E-state index contributed by atoms with van der Waals surface area (Å²) in [5.74, 6) is 0.0290. The highest BCUT2D eigenvalue weighted by Crippen LogP contribution is 2.22. The van der Waals surface area contributed by atoms with Crippen LogP contribution in [-0.2, 0) is 22.6 Å². The largest absolute Gasteiger partial charge is 0.345 e. The minimum atomic E-state index is -0.311. The van der Waals surface area contributed by atoms with Gasteiger partial charge in [-0.05, 0) is 25.0 Å². The molecular weight excluding hydrogens is 298 g/mol. The van der Waals surface area contributed by atoms with Gasteiger partial charge in [-0.2, -0.15) is 0 Å². The third-order valence-electron chi connectivity index (χ3n) is 4.37. The highest BCUT2D eigenvalue weighted by molar-refractivity contribution is 7.11. The first kappa shape index (κ1) is 15.5. The molecule has 0 aliphatic carbocycles. The minimum absolute atomic E-state index is 0.0147. The molecule has 1 atom stereocenters. The van der Waals surface area contributed by atoms with Gasteiger partial charge in [0.05, 0.1) is 6.54 Å². The molecule has 0 spiro atoms. The summed E-state index contributed by atoms with van der Waals surface area (Å²) in [4.78, 5) is 30.6. The van der Waals surface area contributed by atoms with Crippen LogP contribution in [0, 0.1) is 0 Å². The summed E-state index contributed by atoms with van der Waals surface area (Å²) in [6, 6.07) is 4.12. The van der Waals surface area contributed by atoms with E-state index in [2.05, 4.69) is 29.3 Å². The highest BCUT2D eigenvalue weighted by Gasteiger charge is 2.38. The summed E-state index contributed by atoms with van der Waals surface area (Å²) >= 11 is 1.87. The van der Waals surface area contributed by atoms with Crippen LogP contribution in [0.15, 0.2) is 12.1 Å². The van der Waals surface area contributed by atoms with Gasteiger partial charge < -0.3 is 10.2 Å². The Bertz CT molecular complexity index is 557. The fraction of sp³-hybridized carbons (Fsp3) is 0.625. The smallest absolute Gasteiger partial charge is 0.244 e. The zero-order chi connectivity index (χ0) is 15.5. The number of nitrogens with zero attached hydrogens (tertiary/aromatic N) is 2. The number of rotatable bonds is 5. The van der Waals surface area contributed by atoms with Crippen LogP contribution in [0.2, 0.25) is 0 Å². The second-order valence-electron chi connectivity index (χ2n) is 6.03. The van der Waals surface area contributed by atoms with Gasteiger partial charge in [0.1, 0.15) is 6.04 Å². The molecule has 0 radical (unpaired) electrons. The molecule has 3 heterocycles. The van der Waals surface area contributed by atoms with Crippen LogP contribution in [0.25, 0.3) is 0 Å². The molecule has 2 fully saturated rings. The van der Waals surface area contributed by atoms with E-state index >= 15 is 0 Å². The number of amides is 2. The van der Waals surface area contributed by atoms with Gasteiger partial charge in [0.25, 0.3) is 0 Å². The Morgan fingerprint density at radius 3 is 2.91 bits per heavy atom. The van der Waals surface area contributed by atoms with Crippen LogP contribution in [0.5, 0.6) is 0 Å². The monoisotopic (exact) mass is 321 g/mol. The molecule has 2 aliphatic rings. The molecule has 0 bridgehead atoms. The van der Waals surface area contributed by atoms with Crippen molar-refractivity contribution in [3.05, 3.63) is 21.9 Å². The summed E-state index contributed by atoms with van der Waals surface area (Å²) in [6.07, 6.45) is 3.62. The predicted molar refractivity (Wildman–Crippen MR) is 86.7 cm³/mol. The highest BCUT2D eigenvalue weighted by atomic mass is 32.1. The van der Waals surface area contributed by atoms with Gasteiger partial charge >= 0.3 is 0 Å². The first-order valence-corrected chi connectivity index (χ1v) is 8.86. The van der Waals surface area contributed by atoms with Crippen LogP contribution in [-0.4, -0.2) is 53.8 Å². The maximum Gasteiger partial charge on any atom is 0.244 e. The van der Waals surface area contributed by atoms with Gasteiger partial charge in [-0.25, -0.2) is 0 Å². The molecule has 0 unspecified atom stereocenters. The lowest BCUT2D eigenvalue weighted by Crippen LogP contribution is -2.65. The Kier molecular flexibility index (Phi) is 4.78. The number of aryl methyl sites for hydroxylation is 1. The third kappa shape index (κ3) is 3.33. The minimum Gasteiger partial charge on any atom is -0.345 e. The fourth-order valence-corrected chi connectivity index (χ4v) is 4.20. The molecule has 22 heavy (non-hydrogen) atoms. The van der Waals surface area contributed by atoms with Crippen LogP contribution in [0.4, 0.5) is 0 Å². The van der Waals surface area contributed by atoms with Crippen molar-refractivity contribution >= 4 is 23.2 Å². The molecular formula is C16H23N3O2S. The molecule has 1 N–H and O–H groups in total. The number of hydrogen-bond acceptors (Lipinski definition) is 4. The molecule has 0 aromatic carbocycles. The van der Waals surface area contributed by atoms with E-state index in [0.29, 0.717) is 13.1 Å². The second kappa shape index (κ2) is 6.79. The van der Waals surface area contributed by atoms with Crippen LogP contribution < -0.4 is 5.32 Å². The van der Waals surface area contributed by atoms with Gasteiger partial charge in [-0.3, -0.25) is 14.5 Å². The Morgan fingerprint density at radius 2 is 2.09 bits per heavy atom. The average Bonchev–Trinajstić information content (AvgIpc) is 2.96. The van der Waals surface area contributed by atoms with Crippen molar-refractivity contribution in [2.24, 2.45) is 0 Å². The third-order valence-corrected chi connectivity index (χ3v) is 5.50. The van der Waals surface area contributed by atoms with E-state index in [1.807, 2.05) is 11.3 Å². The van der Waals surface area contributed by atoms with Gasteiger partial charge in [0, 0.05) is 35.9 Å². The first-order valence-electron chi connectivity index (χ1n) is 8.04. The van der Waals surface area contributed by atoms with Crippen molar-refractivity contribution in [2.45, 2.75) is 38.8 Å². The van der Waals surface area contributed by atoms with E-state index in [-0.39, 0.29) is 24.4 Å². The van der Waals surface area contributed by atoms with Gasteiger partial charge in [-0.15, -0.1) is 11.3 Å². The summed E-state index contributed by atoms with van der Waals surface area (Å²) in [5, 5.41) is 2.69. The zero-order valence-corrected chi connectivity index (χ0v) is 13.8. The lowest BCUT2D eigenvalue weighted by atomic mass is 10.1. The SMILES string of the molecule is CCCCc1ccc(CN2CCN3C(=O)CNC(=O)[C@@H]3C2)s1. The lowest BCUT2D eigenvalue weighted by Gasteiger charge is -2.42. The number of nitrogens with one attached hydrogen (secondary N) is 1. The van der Waals surface area contributed by atoms with E-state index in [0.717, 1.165) is 19.5 Å². The van der Waals surface area contributed by atoms with Gasteiger partial charge in [0.15, 0.2) is 0 Å². The average molecular weight is 321 g/mol. The van der Waals surface area contributed by atoms with Crippen LogP contribution in [0.3, 0.4) is 0 Å². The number of thiophene rings is 1. The molecule has 120 valence electrons. The van der Waals surface area contributed by atoms with Crippen molar-refractivity contribution in [2.75, 3.05) is 26.2 Å². The maximum atomic E-state index is 12.0. The molecule has 2 aliphatic heterocycles. The van der Waals surface area contributed by atoms with E-state index in [1.165, 1.54) is 22.6 Å². The summed E-state index contributed by atoms with van der Waals surface area (Å²) in [5.41, 5.74) is 0.